The van der Waals surface area contributed by atoms with Crippen molar-refractivity contribution < 1.29 is 4.74 Å². The van der Waals surface area contributed by atoms with Crippen LogP contribution in [0.1, 0.15) is 30.9 Å². The molecule has 112 valence electrons. The Bertz CT molecular complexity index is 607. The molecule has 0 amide bonds. The minimum absolute atomic E-state index is 0.511. The Labute approximate surface area is 130 Å². The molecule has 0 saturated heterocycles. The van der Waals surface area contributed by atoms with E-state index < -0.39 is 0 Å². The maximum Gasteiger partial charge on any atom is 0.225 e. The molecule has 0 aliphatic rings. The summed E-state index contributed by atoms with van der Waals surface area (Å²) in [5.74, 6) is 2.61. The molecule has 1 aromatic carbocycles. The minimum atomic E-state index is 0.511. The van der Waals surface area contributed by atoms with Gasteiger partial charge in [-0.3, -0.25) is 0 Å². The van der Waals surface area contributed by atoms with E-state index in [1.807, 2.05) is 19.4 Å². The molecule has 2 rings (SSSR count). The topological polar surface area (TPSA) is 47.0 Å². The molecule has 5 heteroatoms. The zero-order chi connectivity index (χ0) is 15.4. The first-order valence-electron chi connectivity index (χ1n) is 6.92. The Hall–Kier alpha value is -1.75. The second kappa shape index (κ2) is 6.80. The van der Waals surface area contributed by atoms with Crippen LogP contribution in [0, 0.1) is 6.92 Å². The molecular formula is C16H21N3OS. The van der Waals surface area contributed by atoms with Crippen LogP contribution in [0.3, 0.4) is 0 Å². The lowest BCUT2D eigenvalue weighted by Crippen LogP contribution is -1.98. The van der Waals surface area contributed by atoms with Crippen LogP contribution < -0.4 is 10.1 Å². The molecule has 21 heavy (non-hydrogen) atoms. The summed E-state index contributed by atoms with van der Waals surface area (Å²) in [4.78, 5) is 8.70. The van der Waals surface area contributed by atoms with Gasteiger partial charge in [0, 0.05) is 13.1 Å². The molecule has 0 saturated carbocycles. The molecule has 4 nitrogen and oxygen atoms in total. The highest BCUT2D eigenvalue weighted by atomic mass is 32.2. The van der Waals surface area contributed by atoms with Gasteiger partial charge in [-0.05, 0) is 42.4 Å². The largest absolute Gasteiger partial charge is 0.439 e. The van der Waals surface area contributed by atoms with E-state index in [4.69, 9.17) is 4.74 Å². The smallest absolute Gasteiger partial charge is 0.225 e. The van der Waals surface area contributed by atoms with Gasteiger partial charge in [-0.25, -0.2) is 4.98 Å². The number of ether oxygens (including phenoxy) is 1. The molecule has 0 unspecified atom stereocenters. The molecule has 0 radical (unpaired) electrons. The van der Waals surface area contributed by atoms with Crippen LogP contribution in [0.4, 0.5) is 5.82 Å². The number of nitrogens with one attached hydrogen (secondary N) is 1. The van der Waals surface area contributed by atoms with Crippen molar-refractivity contribution in [2.75, 3.05) is 18.6 Å². The maximum atomic E-state index is 5.87. The summed E-state index contributed by atoms with van der Waals surface area (Å²) in [6.45, 7) is 6.49. The zero-order valence-corrected chi connectivity index (χ0v) is 13.9. The molecule has 1 heterocycles. The predicted molar refractivity (Wildman–Crippen MR) is 88.7 cm³/mol. The molecule has 1 aromatic heterocycles. The van der Waals surface area contributed by atoms with Crippen molar-refractivity contribution in [1.29, 1.82) is 0 Å². The predicted octanol–water partition coefficient (Wildman–Crippen LogP) is 4.46. The van der Waals surface area contributed by atoms with Crippen LogP contribution in [0.2, 0.25) is 0 Å². The van der Waals surface area contributed by atoms with Gasteiger partial charge in [0.25, 0.3) is 0 Å². The van der Waals surface area contributed by atoms with Gasteiger partial charge in [0.15, 0.2) is 5.16 Å². The third kappa shape index (κ3) is 3.88. The molecule has 1 N–H and O–H groups in total. The second-order valence-electron chi connectivity index (χ2n) is 5.10. The SMILES string of the molecule is CNc1cc(Oc2ccc(C(C)C)c(C)c2)nc(SC)n1. The first-order valence-corrected chi connectivity index (χ1v) is 8.15. The minimum Gasteiger partial charge on any atom is -0.439 e. The average Bonchev–Trinajstić information content (AvgIpc) is 2.46. The number of aryl methyl sites for hydroxylation is 1. The summed E-state index contributed by atoms with van der Waals surface area (Å²) >= 11 is 1.49. The molecular weight excluding hydrogens is 282 g/mol. The summed E-state index contributed by atoms with van der Waals surface area (Å²) < 4.78 is 5.87. The first-order chi connectivity index (χ1) is 10.0. The van der Waals surface area contributed by atoms with Crippen LogP contribution in [-0.2, 0) is 0 Å². The first kappa shape index (κ1) is 15.6. The molecule has 0 fully saturated rings. The highest BCUT2D eigenvalue weighted by Gasteiger charge is 2.08. The van der Waals surface area contributed by atoms with E-state index in [0.29, 0.717) is 17.0 Å². The molecule has 0 aliphatic carbocycles. The standard InChI is InChI=1S/C16H21N3OS/c1-10(2)13-7-6-12(8-11(13)3)20-15-9-14(17-4)18-16(19-15)21-5/h6-10H,1-5H3,(H,17,18,19). The van der Waals surface area contributed by atoms with E-state index in [2.05, 4.69) is 48.2 Å². The fourth-order valence-corrected chi connectivity index (χ4v) is 2.53. The van der Waals surface area contributed by atoms with Crippen molar-refractivity contribution in [2.45, 2.75) is 31.8 Å². The summed E-state index contributed by atoms with van der Waals surface area (Å²) in [5, 5.41) is 3.71. The number of aromatic nitrogens is 2. The normalized spacial score (nSPS) is 10.8. The molecule has 0 bridgehead atoms. The van der Waals surface area contributed by atoms with Crippen molar-refractivity contribution in [3.63, 3.8) is 0 Å². The summed E-state index contributed by atoms with van der Waals surface area (Å²) in [7, 11) is 1.83. The number of hydrogen-bond acceptors (Lipinski definition) is 5. The molecule has 0 spiro atoms. The van der Waals surface area contributed by atoms with Gasteiger partial charge < -0.3 is 10.1 Å². The van der Waals surface area contributed by atoms with Crippen molar-refractivity contribution in [3.05, 3.63) is 35.4 Å². The van der Waals surface area contributed by atoms with Gasteiger partial charge in [0.2, 0.25) is 5.88 Å². The van der Waals surface area contributed by atoms with E-state index in [-0.39, 0.29) is 0 Å². The quantitative estimate of drug-likeness (QED) is 0.652. The Morgan fingerprint density at radius 1 is 1.19 bits per heavy atom. The summed E-state index contributed by atoms with van der Waals surface area (Å²) in [6.07, 6.45) is 1.94. The fraction of sp³-hybridized carbons (Fsp3) is 0.375. The molecule has 2 aromatic rings. The Kier molecular flexibility index (Phi) is 5.07. The molecule has 0 atom stereocenters. The number of benzene rings is 1. The average molecular weight is 303 g/mol. The second-order valence-corrected chi connectivity index (χ2v) is 5.88. The fourth-order valence-electron chi connectivity index (χ4n) is 2.16. The maximum absolute atomic E-state index is 5.87. The van der Waals surface area contributed by atoms with E-state index in [1.54, 1.807) is 6.07 Å². The summed E-state index contributed by atoms with van der Waals surface area (Å²) in [6, 6.07) is 7.95. The number of anilines is 1. The van der Waals surface area contributed by atoms with Crippen molar-refractivity contribution in [1.82, 2.24) is 9.97 Å². The van der Waals surface area contributed by atoms with Crippen LogP contribution in [0.25, 0.3) is 0 Å². The third-order valence-corrected chi connectivity index (χ3v) is 3.75. The Morgan fingerprint density at radius 2 is 1.95 bits per heavy atom. The highest BCUT2D eigenvalue weighted by molar-refractivity contribution is 7.98. The van der Waals surface area contributed by atoms with Gasteiger partial charge in [-0.2, -0.15) is 4.98 Å². The monoisotopic (exact) mass is 303 g/mol. The van der Waals surface area contributed by atoms with E-state index in [0.717, 1.165) is 11.6 Å². The van der Waals surface area contributed by atoms with E-state index in [1.165, 1.54) is 22.9 Å². The lowest BCUT2D eigenvalue weighted by atomic mass is 9.98. The number of rotatable bonds is 5. The zero-order valence-electron chi connectivity index (χ0n) is 13.1. The van der Waals surface area contributed by atoms with Gasteiger partial charge in [0.05, 0.1) is 0 Å². The van der Waals surface area contributed by atoms with Gasteiger partial charge in [-0.1, -0.05) is 31.7 Å². The van der Waals surface area contributed by atoms with Crippen LogP contribution in [-0.4, -0.2) is 23.3 Å². The Morgan fingerprint density at radius 3 is 2.52 bits per heavy atom. The van der Waals surface area contributed by atoms with Crippen LogP contribution >= 0.6 is 11.8 Å². The number of thioether (sulfide) groups is 1. The van der Waals surface area contributed by atoms with Crippen molar-refractivity contribution >= 4 is 17.6 Å². The summed E-state index contributed by atoms with van der Waals surface area (Å²) in [5.41, 5.74) is 2.57. The van der Waals surface area contributed by atoms with Crippen LogP contribution in [0.5, 0.6) is 11.6 Å². The van der Waals surface area contributed by atoms with E-state index >= 15 is 0 Å². The lowest BCUT2D eigenvalue weighted by molar-refractivity contribution is 0.455. The molecule has 0 aliphatic heterocycles. The van der Waals surface area contributed by atoms with Crippen molar-refractivity contribution in [3.8, 4) is 11.6 Å². The lowest BCUT2D eigenvalue weighted by Gasteiger charge is -2.12. The number of hydrogen-bond donors (Lipinski definition) is 1. The van der Waals surface area contributed by atoms with Gasteiger partial charge in [-0.15, -0.1) is 0 Å². The van der Waals surface area contributed by atoms with Crippen molar-refractivity contribution in [2.24, 2.45) is 0 Å². The van der Waals surface area contributed by atoms with Crippen LogP contribution in [0.15, 0.2) is 29.4 Å². The Balaban J connectivity index is 2.27. The highest BCUT2D eigenvalue weighted by Crippen LogP contribution is 2.28. The van der Waals surface area contributed by atoms with E-state index in [9.17, 15) is 0 Å². The third-order valence-electron chi connectivity index (χ3n) is 3.21. The number of nitrogens with zero attached hydrogens (tertiary/aromatic N) is 2. The van der Waals surface area contributed by atoms with Gasteiger partial charge >= 0.3 is 0 Å². The van der Waals surface area contributed by atoms with Gasteiger partial charge in [0.1, 0.15) is 11.6 Å².